The molecule has 0 spiro atoms. The minimum atomic E-state index is 0.395. The Morgan fingerprint density at radius 2 is 1.69 bits per heavy atom. The van der Waals surface area contributed by atoms with Crippen molar-refractivity contribution in [2.45, 2.75) is 38.7 Å². The number of hydrogen-bond acceptors (Lipinski definition) is 4. The molecule has 96 valence electrons. The number of epoxide rings is 1. The molecular weight excluding hydrogens is 208 g/mol. The van der Waals surface area contributed by atoms with Crippen molar-refractivity contribution >= 4 is 0 Å². The molecule has 1 saturated heterocycles. The third-order valence-corrected chi connectivity index (χ3v) is 2.40. The maximum absolute atomic E-state index is 5.44. The molecular formula is C12H24O4. The molecule has 0 N–H and O–H groups in total. The zero-order valence-corrected chi connectivity index (χ0v) is 10.3. The molecule has 4 heteroatoms. The highest BCUT2D eigenvalue weighted by atomic mass is 16.7. The normalized spacial score (nSPS) is 18.9. The van der Waals surface area contributed by atoms with E-state index in [9.17, 15) is 0 Å². The first kappa shape index (κ1) is 13.9. The maximum Gasteiger partial charge on any atom is 0.146 e. The van der Waals surface area contributed by atoms with Gasteiger partial charge in [0.1, 0.15) is 12.9 Å². The van der Waals surface area contributed by atoms with Crippen LogP contribution in [0.5, 0.6) is 0 Å². The van der Waals surface area contributed by atoms with Gasteiger partial charge < -0.3 is 18.9 Å². The second-order valence-electron chi connectivity index (χ2n) is 3.96. The largest absolute Gasteiger partial charge is 0.379 e. The Morgan fingerprint density at radius 1 is 1.00 bits per heavy atom. The summed E-state index contributed by atoms with van der Waals surface area (Å²) in [5.74, 6) is 0. The van der Waals surface area contributed by atoms with Gasteiger partial charge in [0.15, 0.2) is 0 Å². The van der Waals surface area contributed by atoms with Crippen molar-refractivity contribution in [3.8, 4) is 0 Å². The molecule has 1 atom stereocenters. The van der Waals surface area contributed by atoms with Crippen LogP contribution in [0.15, 0.2) is 0 Å². The zero-order chi connectivity index (χ0) is 11.5. The molecule has 1 aliphatic rings. The van der Waals surface area contributed by atoms with Crippen molar-refractivity contribution in [2.75, 3.05) is 39.8 Å². The van der Waals surface area contributed by atoms with Crippen molar-refractivity contribution in [3.05, 3.63) is 0 Å². The number of unbranched alkanes of at least 4 members (excludes halogenated alkanes) is 3. The molecule has 0 radical (unpaired) electrons. The summed E-state index contributed by atoms with van der Waals surface area (Å²) in [4.78, 5) is 0. The average Bonchev–Trinajstić information content (AvgIpc) is 3.10. The highest BCUT2D eigenvalue weighted by Gasteiger charge is 2.21. The van der Waals surface area contributed by atoms with E-state index in [2.05, 4.69) is 0 Å². The number of hydrogen-bond donors (Lipinski definition) is 0. The summed E-state index contributed by atoms with van der Waals surface area (Å²) in [5.41, 5.74) is 0. The van der Waals surface area contributed by atoms with Crippen LogP contribution in [0, 0.1) is 0 Å². The Labute approximate surface area is 98.2 Å². The van der Waals surface area contributed by atoms with E-state index in [1.165, 1.54) is 12.8 Å². The SMILES string of the molecule is CCOCOCCCCCCOCC1CO1. The quantitative estimate of drug-likeness (QED) is 0.293. The van der Waals surface area contributed by atoms with Crippen molar-refractivity contribution in [1.82, 2.24) is 0 Å². The maximum atomic E-state index is 5.44. The van der Waals surface area contributed by atoms with Crippen LogP contribution in [0.1, 0.15) is 32.6 Å². The minimum Gasteiger partial charge on any atom is -0.379 e. The molecule has 0 aromatic rings. The Hall–Kier alpha value is -0.160. The first-order valence-corrected chi connectivity index (χ1v) is 6.28. The van der Waals surface area contributed by atoms with E-state index in [4.69, 9.17) is 18.9 Å². The molecule has 0 amide bonds. The van der Waals surface area contributed by atoms with E-state index < -0.39 is 0 Å². The summed E-state index contributed by atoms with van der Waals surface area (Å²) in [5, 5.41) is 0. The summed E-state index contributed by atoms with van der Waals surface area (Å²) < 4.78 is 20.8. The van der Waals surface area contributed by atoms with Crippen molar-refractivity contribution in [3.63, 3.8) is 0 Å². The van der Waals surface area contributed by atoms with E-state index in [0.717, 1.165) is 45.9 Å². The minimum absolute atomic E-state index is 0.395. The molecule has 0 aromatic heterocycles. The fraction of sp³-hybridized carbons (Fsp3) is 1.00. The Morgan fingerprint density at radius 3 is 2.31 bits per heavy atom. The van der Waals surface area contributed by atoms with E-state index in [1.807, 2.05) is 6.92 Å². The summed E-state index contributed by atoms with van der Waals surface area (Å²) in [7, 11) is 0. The van der Waals surface area contributed by atoms with Crippen molar-refractivity contribution in [1.29, 1.82) is 0 Å². The van der Waals surface area contributed by atoms with Gasteiger partial charge in [-0.1, -0.05) is 12.8 Å². The fourth-order valence-electron chi connectivity index (χ4n) is 1.34. The first-order chi connectivity index (χ1) is 7.93. The van der Waals surface area contributed by atoms with Crippen LogP contribution in [-0.4, -0.2) is 45.9 Å². The smallest absolute Gasteiger partial charge is 0.146 e. The van der Waals surface area contributed by atoms with Gasteiger partial charge in [0.2, 0.25) is 0 Å². The lowest BCUT2D eigenvalue weighted by Crippen LogP contribution is -2.03. The van der Waals surface area contributed by atoms with Gasteiger partial charge >= 0.3 is 0 Å². The zero-order valence-electron chi connectivity index (χ0n) is 10.3. The highest BCUT2D eigenvalue weighted by molar-refractivity contribution is 4.66. The Kier molecular flexibility index (Phi) is 8.71. The van der Waals surface area contributed by atoms with Crippen LogP contribution in [0.3, 0.4) is 0 Å². The lowest BCUT2D eigenvalue weighted by Gasteiger charge is -2.04. The number of ether oxygens (including phenoxy) is 4. The van der Waals surface area contributed by atoms with E-state index in [1.54, 1.807) is 0 Å². The summed E-state index contributed by atoms with van der Waals surface area (Å²) in [6.07, 6.45) is 5.06. The molecule has 1 heterocycles. The number of rotatable bonds is 12. The Bertz CT molecular complexity index is 148. The van der Waals surface area contributed by atoms with Gasteiger partial charge in [-0.2, -0.15) is 0 Å². The van der Waals surface area contributed by atoms with Gasteiger partial charge in [0, 0.05) is 19.8 Å². The van der Waals surface area contributed by atoms with Crippen molar-refractivity contribution < 1.29 is 18.9 Å². The molecule has 4 nitrogen and oxygen atoms in total. The lowest BCUT2D eigenvalue weighted by atomic mass is 10.2. The van der Waals surface area contributed by atoms with E-state index in [-0.39, 0.29) is 0 Å². The third-order valence-electron chi connectivity index (χ3n) is 2.40. The highest BCUT2D eigenvalue weighted by Crippen LogP contribution is 2.09. The van der Waals surface area contributed by atoms with Crippen molar-refractivity contribution in [2.24, 2.45) is 0 Å². The van der Waals surface area contributed by atoms with Gasteiger partial charge in [0.05, 0.1) is 13.2 Å². The van der Waals surface area contributed by atoms with Crippen LogP contribution in [-0.2, 0) is 18.9 Å². The van der Waals surface area contributed by atoms with Crippen LogP contribution >= 0.6 is 0 Å². The molecule has 1 fully saturated rings. The molecule has 0 aliphatic carbocycles. The van der Waals surface area contributed by atoms with E-state index in [0.29, 0.717) is 12.9 Å². The van der Waals surface area contributed by atoms with Gasteiger partial charge in [-0.15, -0.1) is 0 Å². The molecule has 16 heavy (non-hydrogen) atoms. The van der Waals surface area contributed by atoms with Crippen LogP contribution in [0.25, 0.3) is 0 Å². The monoisotopic (exact) mass is 232 g/mol. The van der Waals surface area contributed by atoms with Gasteiger partial charge in [-0.05, 0) is 19.8 Å². The van der Waals surface area contributed by atoms with Crippen LogP contribution < -0.4 is 0 Å². The molecule has 0 bridgehead atoms. The summed E-state index contributed by atoms with van der Waals surface area (Å²) in [6.45, 7) is 6.45. The van der Waals surface area contributed by atoms with Gasteiger partial charge in [-0.25, -0.2) is 0 Å². The van der Waals surface area contributed by atoms with Gasteiger partial charge in [0.25, 0.3) is 0 Å². The lowest BCUT2D eigenvalue weighted by molar-refractivity contribution is -0.0502. The van der Waals surface area contributed by atoms with Gasteiger partial charge in [-0.3, -0.25) is 0 Å². The van der Waals surface area contributed by atoms with E-state index >= 15 is 0 Å². The fourth-order valence-corrected chi connectivity index (χ4v) is 1.34. The predicted molar refractivity (Wildman–Crippen MR) is 61.5 cm³/mol. The topological polar surface area (TPSA) is 40.2 Å². The van der Waals surface area contributed by atoms with Crippen LogP contribution in [0.4, 0.5) is 0 Å². The molecule has 1 rings (SSSR count). The molecule has 0 aromatic carbocycles. The molecule has 1 aliphatic heterocycles. The predicted octanol–water partition coefficient (Wildman–Crippen LogP) is 1.97. The summed E-state index contributed by atoms with van der Waals surface area (Å²) in [6, 6.07) is 0. The summed E-state index contributed by atoms with van der Waals surface area (Å²) >= 11 is 0. The molecule has 1 unspecified atom stereocenters. The van der Waals surface area contributed by atoms with Crippen LogP contribution in [0.2, 0.25) is 0 Å². The Balaban J connectivity index is 1.61. The first-order valence-electron chi connectivity index (χ1n) is 6.28. The second kappa shape index (κ2) is 10.0. The second-order valence-corrected chi connectivity index (χ2v) is 3.96. The molecule has 0 saturated carbocycles. The standard InChI is InChI=1S/C12H24O4/c1-2-13-11-15-8-6-4-3-5-7-14-9-12-10-16-12/h12H,2-11H2,1H3. The third kappa shape index (κ3) is 9.09. The average molecular weight is 232 g/mol.